The zero-order valence-corrected chi connectivity index (χ0v) is 24.5. The molecular weight excluding hydrogens is 658 g/mol. The van der Waals surface area contributed by atoms with Gasteiger partial charge >= 0.3 is 5.97 Å². The molecule has 0 aliphatic carbocycles. The quantitative estimate of drug-likeness (QED) is 0.308. The molecule has 5 nitrogen and oxygen atoms in total. The number of fused-ring (bicyclic) bond motifs is 2. The van der Waals surface area contributed by atoms with E-state index in [1.54, 1.807) is 0 Å². The summed E-state index contributed by atoms with van der Waals surface area (Å²) < 4.78 is 5.12. The van der Waals surface area contributed by atoms with Crippen LogP contribution in [0.5, 0.6) is 0 Å². The van der Waals surface area contributed by atoms with Gasteiger partial charge < -0.3 is 53.0 Å². The van der Waals surface area contributed by atoms with Crippen LogP contribution in [0.25, 0.3) is 0 Å². The number of halogens is 1. The Kier molecular flexibility index (Phi) is 17.4. The minimum atomic E-state index is -0.105. The van der Waals surface area contributed by atoms with Crippen molar-refractivity contribution in [3.8, 4) is 0 Å². The maximum absolute atomic E-state index is 12.5. The molecule has 0 saturated carbocycles. The Morgan fingerprint density at radius 2 is 1.72 bits per heavy atom. The van der Waals surface area contributed by atoms with Crippen molar-refractivity contribution >= 4 is 55.5 Å². The van der Waals surface area contributed by atoms with E-state index in [0.29, 0.717) is 11.8 Å². The van der Waals surface area contributed by atoms with Gasteiger partial charge in [-0.3, -0.25) is 9.69 Å². The smallest absolute Gasteiger partial charge is 0.310 e. The van der Waals surface area contributed by atoms with Gasteiger partial charge in [0, 0.05) is 43.4 Å². The molecule has 2 fully saturated rings. The number of esters is 1. The number of carbonyl (C=O) groups excluding carboxylic acids is 1. The molecule has 0 N–H and O–H groups in total. The Balaban J connectivity index is 0.000000834. The molecule has 2 bridgehead atoms. The zero-order chi connectivity index (χ0) is 22.1. The van der Waals surface area contributed by atoms with E-state index in [4.69, 9.17) is 54.2 Å². The Hall–Kier alpha value is 0.572. The largest absolute Gasteiger partial charge is 2.00 e. The first-order chi connectivity index (χ1) is 14.5. The van der Waals surface area contributed by atoms with Crippen molar-refractivity contribution in [3.05, 3.63) is 34.9 Å². The summed E-state index contributed by atoms with van der Waals surface area (Å²) in [5.74, 6) is 2.35. The molecule has 3 rings (SSSR count). The summed E-state index contributed by atoms with van der Waals surface area (Å²) in [4.78, 5) is 17.1. The van der Waals surface area contributed by atoms with E-state index in [0.717, 1.165) is 55.4 Å². The molecule has 0 aromatic heterocycles. The van der Waals surface area contributed by atoms with E-state index in [2.05, 4.69) is 9.80 Å². The van der Waals surface area contributed by atoms with Crippen LogP contribution in [-0.2, 0) is 73.3 Å². The molecule has 1 aromatic carbocycles. The van der Waals surface area contributed by atoms with Crippen LogP contribution >= 0.6 is 11.6 Å². The van der Waals surface area contributed by atoms with Crippen LogP contribution in [0, 0.1) is 5.92 Å². The molecule has 1 radical (unpaired) electrons. The monoisotopic (exact) mass is 690 g/mol. The Bertz CT molecular complexity index is 654. The van der Waals surface area contributed by atoms with Crippen molar-refractivity contribution < 1.29 is 35.4 Å². The van der Waals surface area contributed by atoms with Crippen LogP contribution in [0.4, 0.5) is 0 Å². The number of carbonyl (C=O) groups is 1. The fraction of sp³-hybridized carbons (Fsp3) is 0.682. The maximum Gasteiger partial charge on any atom is 0.310 e. The van der Waals surface area contributed by atoms with Gasteiger partial charge in [0.2, 0.25) is 0 Å². The molecule has 0 spiro atoms. The summed E-state index contributed by atoms with van der Waals surface area (Å²) in [5.41, 5.74) is 1.19. The maximum atomic E-state index is 12.5. The number of hydrogen-bond donors (Lipinski definition) is 0. The summed E-state index contributed by atoms with van der Waals surface area (Å²) in [6, 6.07) is 8.70. The van der Waals surface area contributed by atoms with Crippen molar-refractivity contribution in [2.45, 2.75) is 37.3 Å². The molecule has 1 aromatic rings. The van der Waals surface area contributed by atoms with Gasteiger partial charge in [-0.15, -0.1) is 0 Å². The van der Waals surface area contributed by atoms with Crippen molar-refractivity contribution in [2.75, 3.05) is 51.1 Å². The van der Waals surface area contributed by atoms with Gasteiger partial charge in [0.15, 0.2) is 0 Å². The first-order valence-corrected chi connectivity index (χ1v) is 12.6. The van der Waals surface area contributed by atoms with Crippen molar-refractivity contribution in [1.29, 1.82) is 0 Å². The molecule has 2 heterocycles. The Morgan fingerprint density at radius 1 is 1.12 bits per heavy atom. The SMILES string of the molecule is CN(CC[S-])CC[S-].COC(=O)[C@H]1[C@@H](c2ccc(Cl)cc2)C[C@H]2CC[C@@H]1N2CC[S-].[O-2].[Re]. The van der Waals surface area contributed by atoms with Gasteiger partial charge in [0.1, 0.15) is 0 Å². The van der Waals surface area contributed by atoms with Crippen LogP contribution in [0.3, 0.4) is 0 Å². The van der Waals surface area contributed by atoms with Gasteiger partial charge in [-0.05, 0) is 63.6 Å². The zero-order valence-electron chi connectivity index (χ0n) is 18.6. The van der Waals surface area contributed by atoms with E-state index in [1.165, 1.54) is 12.7 Å². The number of benzene rings is 1. The van der Waals surface area contributed by atoms with E-state index < -0.39 is 0 Å². The topological polar surface area (TPSA) is 61.3 Å². The van der Waals surface area contributed by atoms with Gasteiger partial charge in [-0.1, -0.05) is 23.7 Å². The van der Waals surface area contributed by atoms with Crippen molar-refractivity contribution in [1.82, 2.24) is 9.80 Å². The number of ether oxygens (including phenoxy) is 1. The number of methoxy groups -OCH3 is 1. The second-order valence-corrected chi connectivity index (χ2v) is 9.56. The summed E-state index contributed by atoms with van der Waals surface area (Å²) in [6.07, 6.45) is 3.20. The molecule has 4 atom stereocenters. The molecular formula is C22H32ClN2O3ReS3-5. The van der Waals surface area contributed by atoms with E-state index in [-0.39, 0.29) is 49.7 Å². The molecule has 185 valence electrons. The number of nitrogens with zero attached hydrogens (tertiary/aromatic N) is 2. The van der Waals surface area contributed by atoms with E-state index in [1.807, 2.05) is 31.3 Å². The van der Waals surface area contributed by atoms with Crippen LogP contribution in [-0.4, -0.2) is 78.9 Å². The summed E-state index contributed by atoms with van der Waals surface area (Å²) in [6.45, 7) is 2.88. The first kappa shape index (κ1) is 32.6. The third-order valence-electron chi connectivity index (χ3n) is 6.13. The summed E-state index contributed by atoms with van der Waals surface area (Å²) in [7, 11) is 3.53. The minimum absolute atomic E-state index is 0. The van der Waals surface area contributed by atoms with Gasteiger partial charge in [-0.2, -0.15) is 17.3 Å². The summed E-state index contributed by atoms with van der Waals surface area (Å²) in [5, 5.41) is 0.727. The molecule has 0 unspecified atom stereocenters. The normalized spacial score (nSPS) is 24.1. The molecule has 2 aliphatic heterocycles. The fourth-order valence-electron chi connectivity index (χ4n) is 4.70. The number of hydrogen-bond acceptors (Lipinski definition) is 7. The van der Waals surface area contributed by atoms with Crippen molar-refractivity contribution in [3.63, 3.8) is 0 Å². The van der Waals surface area contributed by atoms with Crippen LogP contribution in [0.15, 0.2) is 24.3 Å². The van der Waals surface area contributed by atoms with Crippen molar-refractivity contribution in [2.24, 2.45) is 5.92 Å². The average Bonchev–Trinajstić information content (AvgIpc) is 3.00. The predicted molar refractivity (Wildman–Crippen MR) is 133 cm³/mol. The second-order valence-electron chi connectivity index (χ2n) is 7.89. The Morgan fingerprint density at radius 3 is 2.22 bits per heavy atom. The van der Waals surface area contributed by atoms with Gasteiger partial charge in [0.05, 0.1) is 13.0 Å². The number of piperidine rings is 1. The summed E-state index contributed by atoms with van der Waals surface area (Å²) >= 11 is 20.7. The molecule has 2 aliphatic rings. The van der Waals surface area contributed by atoms with Crippen LogP contribution < -0.4 is 0 Å². The van der Waals surface area contributed by atoms with Gasteiger partial charge in [-0.25, -0.2) is 0 Å². The molecule has 2 saturated heterocycles. The standard InChI is InChI=1S/C17H22ClNO2S.C5H13NS2.O.Re/c1-21-17(20)16-14(11-2-4-12(18)5-3-11)10-13-6-7-15(16)19(13)8-9-22;1-6(2-4-7)3-5-8;;/h2-5,13-16,22H,6-10H2,1H3;7-8H,2-5H2,1H3;;/q;;-2;/p-3/t13-,14-,15+,16+;;;/m1.../s1. The van der Waals surface area contributed by atoms with Crippen LogP contribution in [0.1, 0.15) is 30.7 Å². The van der Waals surface area contributed by atoms with E-state index in [9.17, 15) is 4.79 Å². The molecule has 10 heteroatoms. The van der Waals surface area contributed by atoms with Crippen LogP contribution in [0.2, 0.25) is 5.02 Å². The van der Waals surface area contributed by atoms with E-state index >= 15 is 0 Å². The predicted octanol–water partition coefficient (Wildman–Crippen LogP) is 2.89. The Labute approximate surface area is 228 Å². The molecule has 32 heavy (non-hydrogen) atoms. The second kappa shape index (κ2) is 17.1. The third-order valence-corrected chi connectivity index (χ3v) is 6.93. The third kappa shape index (κ3) is 8.98. The minimum Gasteiger partial charge on any atom is -2.00 e. The van der Waals surface area contributed by atoms with Gasteiger partial charge in [0.25, 0.3) is 0 Å². The number of rotatable bonds is 8. The first-order valence-electron chi connectivity index (χ1n) is 10.5. The molecule has 0 amide bonds. The fourth-order valence-corrected chi connectivity index (χ4v) is 5.66. The average molecular weight is 690 g/mol.